The van der Waals surface area contributed by atoms with Crippen molar-refractivity contribution in [3.63, 3.8) is 0 Å². The van der Waals surface area contributed by atoms with Gasteiger partial charge in [-0.2, -0.15) is 0 Å². The van der Waals surface area contributed by atoms with Gasteiger partial charge in [-0.3, -0.25) is 9.59 Å². The van der Waals surface area contributed by atoms with Crippen LogP contribution in [0.2, 0.25) is 0 Å². The molecule has 1 heterocycles. The lowest BCUT2D eigenvalue weighted by atomic mass is 9.95. The number of rotatable bonds is 6. The predicted octanol–water partition coefficient (Wildman–Crippen LogP) is 1.37. The number of aliphatic hydroxyl groups is 1. The highest BCUT2D eigenvalue weighted by atomic mass is 16.3. The third-order valence-electron chi connectivity index (χ3n) is 5.29. The SMILES string of the molecule is O=C1CCC[C@H]1C[C@@H](CO)NC(=O)[C@@H]1C[C@@H](c2ccccc2)CN1. The number of carbonyl (C=O) groups is 2. The zero-order chi connectivity index (χ0) is 16.9. The maximum atomic E-state index is 12.5. The Bertz CT molecular complexity index is 575. The fourth-order valence-corrected chi connectivity index (χ4v) is 3.88. The van der Waals surface area contributed by atoms with Gasteiger partial charge >= 0.3 is 0 Å². The summed E-state index contributed by atoms with van der Waals surface area (Å²) in [5, 5.41) is 15.7. The standard InChI is InChI=1S/C19H26N2O3/c22-12-16(9-14-7-4-8-18(14)23)21-19(24)17-10-15(11-20-17)13-5-2-1-3-6-13/h1-3,5-6,14-17,20,22H,4,7-12H2,(H,21,24)/t14-,15+,16-,17-/m0/s1. The van der Waals surface area contributed by atoms with Crippen LogP contribution < -0.4 is 10.6 Å². The zero-order valence-electron chi connectivity index (χ0n) is 13.9. The Balaban J connectivity index is 1.51. The molecule has 130 valence electrons. The Morgan fingerprint density at radius 1 is 1.33 bits per heavy atom. The minimum absolute atomic E-state index is 0.00365. The van der Waals surface area contributed by atoms with Crippen molar-refractivity contribution in [3.05, 3.63) is 35.9 Å². The quantitative estimate of drug-likeness (QED) is 0.736. The average molecular weight is 330 g/mol. The van der Waals surface area contributed by atoms with E-state index in [1.165, 1.54) is 5.56 Å². The van der Waals surface area contributed by atoms with Crippen molar-refractivity contribution in [3.8, 4) is 0 Å². The van der Waals surface area contributed by atoms with Gasteiger partial charge < -0.3 is 15.7 Å². The van der Waals surface area contributed by atoms with Crippen LogP contribution in [0.4, 0.5) is 0 Å². The van der Waals surface area contributed by atoms with E-state index in [0.29, 0.717) is 18.8 Å². The lowest BCUT2D eigenvalue weighted by Gasteiger charge is -2.21. The zero-order valence-corrected chi connectivity index (χ0v) is 13.9. The number of hydrogen-bond acceptors (Lipinski definition) is 4. The number of carbonyl (C=O) groups excluding carboxylic acids is 2. The van der Waals surface area contributed by atoms with Crippen LogP contribution in [0.5, 0.6) is 0 Å². The summed E-state index contributed by atoms with van der Waals surface area (Å²) in [7, 11) is 0. The van der Waals surface area contributed by atoms with Crippen LogP contribution >= 0.6 is 0 Å². The fourth-order valence-electron chi connectivity index (χ4n) is 3.88. The van der Waals surface area contributed by atoms with Crippen LogP contribution in [0.1, 0.15) is 43.6 Å². The summed E-state index contributed by atoms with van der Waals surface area (Å²) < 4.78 is 0. The highest BCUT2D eigenvalue weighted by Gasteiger charge is 2.32. The Morgan fingerprint density at radius 3 is 2.79 bits per heavy atom. The summed E-state index contributed by atoms with van der Waals surface area (Å²) in [5.41, 5.74) is 1.25. The number of hydrogen-bond donors (Lipinski definition) is 3. The first kappa shape index (κ1) is 17.1. The fraction of sp³-hybridized carbons (Fsp3) is 0.579. The molecule has 2 aliphatic rings. The molecule has 0 unspecified atom stereocenters. The molecule has 5 heteroatoms. The summed E-state index contributed by atoms with van der Waals surface area (Å²) in [6.07, 6.45) is 3.76. The smallest absolute Gasteiger partial charge is 0.237 e. The molecule has 0 bridgehead atoms. The minimum atomic E-state index is -0.331. The molecule has 0 radical (unpaired) electrons. The second kappa shape index (κ2) is 7.90. The topological polar surface area (TPSA) is 78.4 Å². The van der Waals surface area contributed by atoms with Crippen LogP contribution in [0, 0.1) is 5.92 Å². The predicted molar refractivity (Wildman–Crippen MR) is 91.6 cm³/mol. The number of nitrogens with one attached hydrogen (secondary N) is 2. The van der Waals surface area contributed by atoms with Gasteiger partial charge in [-0.15, -0.1) is 0 Å². The van der Waals surface area contributed by atoms with Gasteiger partial charge in [0.05, 0.1) is 18.7 Å². The van der Waals surface area contributed by atoms with E-state index >= 15 is 0 Å². The second-order valence-corrected chi connectivity index (χ2v) is 6.98. The number of aliphatic hydroxyl groups excluding tert-OH is 1. The van der Waals surface area contributed by atoms with E-state index in [4.69, 9.17) is 0 Å². The molecule has 4 atom stereocenters. The van der Waals surface area contributed by atoms with Crippen LogP contribution in [0.25, 0.3) is 0 Å². The summed E-state index contributed by atoms with van der Waals surface area (Å²) in [5.74, 6) is 0.533. The van der Waals surface area contributed by atoms with E-state index < -0.39 is 0 Å². The van der Waals surface area contributed by atoms with Gasteiger partial charge in [-0.05, 0) is 37.2 Å². The monoisotopic (exact) mass is 330 g/mol. The first-order valence-electron chi connectivity index (χ1n) is 8.89. The van der Waals surface area contributed by atoms with E-state index in [1.54, 1.807) is 0 Å². The van der Waals surface area contributed by atoms with Crippen molar-refractivity contribution in [1.82, 2.24) is 10.6 Å². The van der Waals surface area contributed by atoms with Gasteiger partial charge in [0.15, 0.2) is 0 Å². The van der Waals surface area contributed by atoms with Gasteiger partial charge in [0.25, 0.3) is 0 Å². The molecule has 2 fully saturated rings. The summed E-state index contributed by atoms with van der Waals surface area (Å²) in [6, 6.07) is 9.65. The van der Waals surface area contributed by atoms with Crippen molar-refractivity contribution in [2.24, 2.45) is 5.92 Å². The minimum Gasteiger partial charge on any atom is -0.394 e. The molecule has 24 heavy (non-hydrogen) atoms. The van der Waals surface area contributed by atoms with E-state index in [-0.39, 0.29) is 36.3 Å². The lowest BCUT2D eigenvalue weighted by Crippen LogP contribution is -2.47. The summed E-state index contributed by atoms with van der Waals surface area (Å²) in [6.45, 7) is 0.664. The molecule has 0 aromatic heterocycles. The molecule has 3 N–H and O–H groups in total. The number of amides is 1. The molecule has 1 saturated heterocycles. The Labute approximate surface area is 142 Å². The highest BCUT2D eigenvalue weighted by Crippen LogP contribution is 2.27. The van der Waals surface area contributed by atoms with Crippen LogP contribution in [-0.4, -0.2) is 42.0 Å². The van der Waals surface area contributed by atoms with Gasteiger partial charge in [0, 0.05) is 18.9 Å². The van der Waals surface area contributed by atoms with E-state index in [2.05, 4.69) is 22.8 Å². The molecule has 1 aliphatic carbocycles. The maximum Gasteiger partial charge on any atom is 0.237 e. The molecule has 5 nitrogen and oxygen atoms in total. The molecular weight excluding hydrogens is 304 g/mol. The number of benzene rings is 1. The van der Waals surface area contributed by atoms with Crippen molar-refractivity contribution >= 4 is 11.7 Å². The second-order valence-electron chi connectivity index (χ2n) is 6.98. The Kier molecular flexibility index (Phi) is 5.63. The van der Waals surface area contributed by atoms with Crippen LogP contribution in [-0.2, 0) is 9.59 Å². The van der Waals surface area contributed by atoms with Gasteiger partial charge in [-0.25, -0.2) is 0 Å². The molecule has 1 saturated carbocycles. The molecule has 3 rings (SSSR count). The van der Waals surface area contributed by atoms with Crippen LogP contribution in [0.15, 0.2) is 30.3 Å². The summed E-state index contributed by atoms with van der Waals surface area (Å²) >= 11 is 0. The van der Waals surface area contributed by atoms with E-state index in [9.17, 15) is 14.7 Å². The molecular formula is C19H26N2O3. The third-order valence-corrected chi connectivity index (χ3v) is 5.29. The van der Waals surface area contributed by atoms with Gasteiger partial charge in [0.1, 0.15) is 5.78 Å². The van der Waals surface area contributed by atoms with Crippen molar-refractivity contribution < 1.29 is 14.7 Å². The molecule has 1 aromatic rings. The van der Waals surface area contributed by atoms with E-state index in [1.807, 2.05) is 18.2 Å². The number of ketones is 1. The van der Waals surface area contributed by atoms with Crippen LogP contribution in [0.3, 0.4) is 0 Å². The highest BCUT2D eigenvalue weighted by molar-refractivity contribution is 5.84. The van der Waals surface area contributed by atoms with E-state index in [0.717, 1.165) is 25.8 Å². The number of Topliss-reactive ketones (excluding diaryl/α,β-unsaturated/α-hetero) is 1. The first-order chi connectivity index (χ1) is 11.7. The molecule has 0 spiro atoms. The molecule has 1 aromatic carbocycles. The van der Waals surface area contributed by atoms with Gasteiger partial charge in [-0.1, -0.05) is 30.3 Å². The van der Waals surface area contributed by atoms with Crippen molar-refractivity contribution in [2.45, 2.75) is 50.1 Å². The Morgan fingerprint density at radius 2 is 2.12 bits per heavy atom. The molecule has 1 amide bonds. The maximum absolute atomic E-state index is 12.5. The third kappa shape index (κ3) is 4.02. The normalized spacial score (nSPS) is 28.0. The average Bonchev–Trinajstić information content (AvgIpc) is 3.25. The van der Waals surface area contributed by atoms with Gasteiger partial charge in [0.2, 0.25) is 5.91 Å². The first-order valence-corrected chi connectivity index (χ1v) is 8.89. The lowest BCUT2D eigenvalue weighted by molar-refractivity contribution is -0.125. The molecule has 1 aliphatic heterocycles. The van der Waals surface area contributed by atoms with Crippen molar-refractivity contribution in [2.75, 3.05) is 13.2 Å². The Hall–Kier alpha value is -1.72. The van der Waals surface area contributed by atoms with Crippen molar-refractivity contribution in [1.29, 1.82) is 0 Å². The largest absolute Gasteiger partial charge is 0.394 e. The summed E-state index contributed by atoms with van der Waals surface area (Å²) in [4.78, 5) is 24.2.